The highest BCUT2D eigenvalue weighted by Crippen LogP contribution is 2.28. The molecule has 142 valence electrons. The van der Waals surface area contributed by atoms with Crippen molar-refractivity contribution < 1.29 is 9.53 Å². The number of carbonyl (C=O) groups is 1. The molecule has 0 unspecified atom stereocenters. The molecule has 2 atom stereocenters. The van der Waals surface area contributed by atoms with Gasteiger partial charge < -0.3 is 14.6 Å². The molecule has 3 aromatic rings. The molecule has 7 nitrogen and oxygen atoms in total. The maximum Gasteiger partial charge on any atom is 0.233 e. The van der Waals surface area contributed by atoms with Crippen LogP contribution in [-0.2, 0) is 4.79 Å². The second-order valence-corrected chi connectivity index (χ2v) is 7.99. The van der Waals surface area contributed by atoms with Gasteiger partial charge in [-0.15, -0.1) is 10.2 Å². The van der Waals surface area contributed by atoms with E-state index in [-0.39, 0.29) is 5.91 Å². The van der Waals surface area contributed by atoms with Gasteiger partial charge >= 0.3 is 0 Å². The van der Waals surface area contributed by atoms with E-state index in [1.807, 2.05) is 23.1 Å². The highest BCUT2D eigenvalue weighted by Gasteiger charge is 2.28. The number of likely N-dealkylation sites (tertiary alicyclic amines) is 1. The zero-order chi connectivity index (χ0) is 19.0. The quantitative estimate of drug-likeness (QED) is 0.693. The van der Waals surface area contributed by atoms with Gasteiger partial charge in [0.1, 0.15) is 11.3 Å². The summed E-state index contributed by atoms with van der Waals surface area (Å²) in [5.74, 6) is 1.24. The number of ether oxygens (including phenoxy) is 1. The van der Waals surface area contributed by atoms with Crippen LogP contribution in [0.3, 0.4) is 0 Å². The van der Waals surface area contributed by atoms with Crippen LogP contribution in [0.2, 0.25) is 0 Å². The lowest BCUT2D eigenvalue weighted by Crippen LogP contribution is -2.48. The summed E-state index contributed by atoms with van der Waals surface area (Å²) in [5, 5.41) is 9.96. The third-order valence-electron chi connectivity index (χ3n) is 5.21. The summed E-state index contributed by atoms with van der Waals surface area (Å²) in [7, 11) is 1.63. The molecule has 0 spiro atoms. The molecule has 27 heavy (non-hydrogen) atoms. The molecule has 4 rings (SSSR count). The van der Waals surface area contributed by atoms with E-state index >= 15 is 0 Å². The fourth-order valence-corrected chi connectivity index (χ4v) is 4.49. The zero-order valence-corrected chi connectivity index (χ0v) is 16.5. The smallest absolute Gasteiger partial charge is 0.233 e. The van der Waals surface area contributed by atoms with Crippen molar-refractivity contribution in [1.82, 2.24) is 25.1 Å². The number of nitrogens with zero attached hydrogens (tertiary/aromatic N) is 4. The molecule has 0 bridgehead atoms. The molecule has 2 aromatic heterocycles. The number of rotatable bonds is 4. The van der Waals surface area contributed by atoms with Gasteiger partial charge in [0.2, 0.25) is 11.1 Å². The normalized spacial score (nSPS) is 20.3. The Morgan fingerprint density at radius 2 is 2.07 bits per heavy atom. The molecule has 1 aliphatic heterocycles. The standard InChI is InChI=1S/C19H23N5O2S/c1-11-5-4-6-12(2)24(11)16(25)10-27-19-21-18-17(22-23-19)14-9-13(26-3)7-8-15(14)20-18/h7-9,11-12H,4-6,10H2,1-3H3,(H,20,21,23)/t11-,12-/m1/s1. The molecule has 0 saturated carbocycles. The fourth-order valence-electron chi connectivity index (χ4n) is 3.84. The second kappa shape index (κ2) is 7.34. The van der Waals surface area contributed by atoms with Crippen molar-refractivity contribution in [2.24, 2.45) is 0 Å². The van der Waals surface area contributed by atoms with Crippen LogP contribution in [0.15, 0.2) is 23.4 Å². The van der Waals surface area contributed by atoms with Gasteiger partial charge in [-0.05, 0) is 51.3 Å². The van der Waals surface area contributed by atoms with Crippen molar-refractivity contribution in [3.63, 3.8) is 0 Å². The Morgan fingerprint density at radius 1 is 1.30 bits per heavy atom. The first kappa shape index (κ1) is 18.0. The van der Waals surface area contributed by atoms with E-state index < -0.39 is 0 Å². The molecule has 1 aromatic carbocycles. The Kier molecular flexibility index (Phi) is 4.90. The van der Waals surface area contributed by atoms with E-state index in [1.54, 1.807) is 7.11 Å². The molecule has 1 saturated heterocycles. The third kappa shape index (κ3) is 3.45. The van der Waals surface area contributed by atoms with E-state index in [2.05, 4.69) is 34.0 Å². The van der Waals surface area contributed by atoms with Crippen molar-refractivity contribution in [2.75, 3.05) is 12.9 Å². The van der Waals surface area contributed by atoms with Crippen molar-refractivity contribution in [1.29, 1.82) is 0 Å². The van der Waals surface area contributed by atoms with E-state index in [9.17, 15) is 4.79 Å². The minimum absolute atomic E-state index is 0.143. The largest absolute Gasteiger partial charge is 0.497 e. The lowest BCUT2D eigenvalue weighted by molar-refractivity contribution is -0.134. The predicted molar refractivity (Wildman–Crippen MR) is 106 cm³/mol. The van der Waals surface area contributed by atoms with Gasteiger partial charge in [-0.3, -0.25) is 4.79 Å². The number of nitrogens with one attached hydrogen (secondary N) is 1. The Labute approximate surface area is 161 Å². The zero-order valence-electron chi connectivity index (χ0n) is 15.7. The van der Waals surface area contributed by atoms with Crippen LogP contribution in [0.4, 0.5) is 0 Å². The van der Waals surface area contributed by atoms with Crippen molar-refractivity contribution >= 4 is 39.7 Å². The van der Waals surface area contributed by atoms with Crippen molar-refractivity contribution in [3.05, 3.63) is 18.2 Å². The highest BCUT2D eigenvalue weighted by molar-refractivity contribution is 7.99. The predicted octanol–water partition coefficient (Wildman–Crippen LogP) is 3.40. The van der Waals surface area contributed by atoms with Gasteiger partial charge in [0.05, 0.1) is 12.9 Å². The lowest BCUT2D eigenvalue weighted by atomic mass is 9.98. The first-order valence-corrected chi connectivity index (χ1v) is 10.2. The van der Waals surface area contributed by atoms with Gasteiger partial charge in [0.25, 0.3) is 0 Å². The molecule has 3 heterocycles. The number of hydrogen-bond acceptors (Lipinski definition) is 6. The van der Waals surface area contributed by atoms with Gasteiger partial charge in [0.15, 0.2) is 5.65 Å². The van der Waals surface area contributed by atoms with Crippen LogP contribution in [0, 0.1) is 0 Å². The van der Waals surface area contributed by atoms with Crippen LogP contribution < -0.4 is 4.74 Å². The van der Waals surface area contributed by atoms with Gasteiger partial charge in [-0.2, -0.15) is 0 Å². The number of aromatic nitrogens is 4. The summed E-state index contributed by atoms with van der Waals surface area (Å²) >= 11 is 1.34. The Balaban J connectivity index is 1.52. The Bertz CT molecular complexity index is 979. The molecule has 0 radical (unpaired) electrons. The summed E-state index contributed by atoms with van der Waals surface area (Å²) in [6, 6.07) is 6.34. The Hall–Kier alpha value is -2.35. The van der Waals surface area contributed by atoms with Crippen LogP contribution in [0.5, 0.6) is 5.75 Å². The number of benzene rings is 1. The fraction of sp³-hybridized carbons (Fsp3) is 0.474. The van der Waals surface area contributed by atoms with Crippen LogP contribution >= 0.6 is 11.8 Å². The van der Waals surface area contributed by atoms with Gasteiger partial charge in [0, 0.05) is 23.0 Å². The minimum atomic E-state index is 0.143. The number of H-pyrrole nitrogens is 1. The number of thioether (sulfide) groups is 1. The SMILES string of the molecule is COc1ccc2[nH]c3nc(SCC(=O)N4[C@H](C)CCC[C@H]4C)nnc3c2c1. The second-order valence-electron chi connectivity index (χ2n) is 7.05. The Morgan fingerprint density at radius 3 is 2.81 bits per heavy atom. The number of amides is 1. The molecule has 8 heteroatoms. The first-order valence-electron chi connectivity index (χ1n) is 9.21. The number of carbonyl (C=O) groups excluding carboxylic acids is 1. The summed E-state index contributed by atoms with van der Waals surface area (Å²) < 4.78 is 5.28. The van der Waals surface area contributed by atoms with E-state index in [4.69, 9.17) is 4.74 Å². The summed E-state index contributed by atoms with van der Waals surface area (Å²) in [6.45, 7) is 4.25. The summed E-state index contributed by atoms with van der Waals surface area (Å²) in [5.41, 5.74) is 2.31. The monoisotopic (exact) mass is 385 g/mol. The average molecular weight is 385 g/mol. The van der Waals surface area contributed by atoms with Crippen molar-refractivity contribution in [3.8, 4) is 5.75 Å². The number of hydrogen-bond donors (Lipinski definition) is 1. The molecule has 1 N–H and O–H groups in total. The summed E-state index contributed by atoms with van der Waals surface area (Å²) in [4.78, 5) is 22.5. The maximum atomic E-state index is 12.7. The van der Waals surface area contributed by atoms with Crippen molar-refractivity contribution in [2.45, 2.75) is 50.4 Å². The van der Waals surface area contributed by atoms with Crippen LogP contribution in [0.1, 0.15) is 33.1 Å². The van der Waals surface area contributed by atoms with E-state index in [0.717, 1.165) is 29.5 Å². The van der Waals surface area contributed by atoms with Crippen LogP contribution in [-0.4, -0.2) is 55.9 Å². The summed E-state index contributed by atoms with van der Waals surface area (Å²) in [6.07, 6.45) is 3.33. The molecule has 1 aliphatic rings. The highest BCUT2D eigenvalue weighted by atomic mass is 32.2. The lowest BCUT2D eigenvalue weighted by Gasteiger charge is -2.39. The third-order valence-corrected chi connectivity index (χ3v) is 6.03. The van der Waals surface area contributed by atoms with Gasteiger partial charge in [-0.25, -0.2) is 4.98 Å². The number of aromatic amines is 1. The van der Waals surface area contributed by atoms with E-state index in [1.165, 1.54) is 18.2 Å². The average Bonchev–Trinajstić information content (AvgIpc) is 3.03. The molecule has 0 aliphatic carbocycles. The van der Waals surface area contributed by atoms with E-state index in [0.29, 0.717) is 34.2 Å². The number of methoxy groups -OCH3 is 1. The molecular weight excluding hydrogens is 362 g/mol. The number of fused-ring (bicyclic) bond motifs is 3. The number of piperidine rings is 1. The van der Waals surface area contributed by atoms with Gasteiger partial charge in [-0.1, -0.05) is 11.8 Å². The topological polar surface area (TPSA) is 84.0 Å². The maximum absolute atomic E-state index is 12.7. The first-order chi connectivity index (χ1) is 13.1. The molecule has 1 amide bonds. The minimum Gasteiger partial charge on any atom is -0.497 e. The molecular formula is C19H23N5O2S. The van der Waals surface area contributed by atoms with Crippen LogP contribution in [0.25, 0.3) is 22.1 Å². The molecule has 1 fully saturated rings.